The molecule has 2 aromatic rings. The topological polar surface area (TPSA) is 35.0 Å². The minimum atomic E-state index is 0.714. The van der Waals surface area contributed by atoms with Gasteiger partial charge >= 0.3 is 0 Å². The number of aromatic nitrogens is 2. The van der Waals surface area contributed by atoms with Gasteiger partial charge in [0.15, 0.2) is 11.6 Å². The molecule has 1 aromatic heterocycles. The minimum Gasteiger partial charge on any atom is -0.490 e. The number of aryl methyl sites for hydroxylation is 1. The second kappa shape index (κ2) is 10.7. The van der Waals surface area contributed by atoms with Crippen molar-refractivity contribution in [3.8, 4) is 17.1 Å². The zero-order chi connectivity index (χ0) is 17.0. The largest absolute Gasteiger partial charge is 0.490 e. The van der Waals surface area contributed by atoms with Crippen molar-refractivity contribution in [2.75, 3.05) is 6.61 Å². The van der Waals surface area contributed by atoms with Crippen LogP contribution in [0.5, 0.6) is 5.75 Å². The Bertz CT molecular complexity index is 563. The van der Waals surface area contributed by atoms with E-state index < -0.39 is 0 Å². The molecular weight excluding hydrogens is 296 g/mol. The zero-order valence-corrected chi connectivity index (χ0v) is 14.7. The van der Waals surface area contributed by atoms with E-state index in [4.69, 9.17) is 4.74 Å². The van der Waals surface area contributed by atoms with E-state index in [9.17, 15) is 0 Å². The van der Waals surface area contributed by atoms with Gasteiger partial charge in [0, 0.05) is 5.56 Å². The summed E-state index contributed by atoms with van der Waals surface area (Å²) in [4.78, 5) is 8.84. The third kappa shape index (κ3) is 6.23. The second-order valence-electron chi connectivity index (χ2n) is 6.03. The Balaban J connectivity index is 1.80. The molecule has 0 aliphatic heterocycles. The molecule has 0 bridgehead atoms. The van der Waals surface area contributed by atoms with Crippen LogP contribution in [0.4, 0.5) is 0 Å². The number of hydrogen-bond donors (Lipinski definition) is 0. The lowest BCUT2D eigenvalue weighted by atomic mass is 10.1. The summed E-state index contributed by atoms with van der Waals surface area (Å²) in [6, 6.07) is 8.53. The number of rotatable bonds is 11. The quantitative estimate of drug-likeness (QED) is 0.406. The fraction of sp³-hybridized carbons (Fsp3) is 0.429. The molecule has 1 heterocycles. The van der Waals surface area contributed by atoms with Crippen LogP contribution in [-0.2, 0) is 6.42 Å². The van der Waals surface area contributed by atoms with Gasteiger partial charge in [-0.1, -0.05) is 57.4 Å². The maximum absolute atomic E-state index is 5.69. The van der Waals surface area contributed by atoms with Gasteiger partial charge < -0.3 is 4.74 Å². The third-order valence-electron chi connectivity index (χ3n) is 3.98. The van der Waals surface area contributed by atoms with Crippen LogP contribution in [0.25, 0.3) is 11.4 Å². The summed E-state index contributed by atoms with van der Waals surface area (Å²) < 4.78 is 5.69. The van der Waals surface area contributed by atoms with E-state index in [0.717, 1.165) is 42.8 Å². The van der Waals surface area contributed by atoms with Crippen LogP contribution < -0.4 is 4.74 Å². The van der Waals surface area contributed by atoms with Crippen LogP contribution in [-0.4, -0.2) is 16.6 Å². The number of benzene rings is 1. The molecule has 0 N–H and O–H groups in total. The van der Waals surface area contributed by atoms with Gasteiger partial charge in [-0.25, -0.2) is 9.97 Å². The molecule has 24 heavy (non-hydrogen) atoms. The predicted molar refractivity (Wildman–Crippen MR) is 99.7 cm³/mol. The molecule has 0 aliphatic carbocycles. The fourth-order valence-corrected chi connectivity index (χ4v) is 2.50. The first-order chi connectivity index (χ1) is 11.8. The van der Waals surface area contributed by atoms with E-state index in [-0.39, 0.29) is 0 Å². The lowest BCUT2D eigenvalue weighted by Gasteiger charge is -2.07. The molecule has 0 saturated heterocycles. The minimum absolute atomic E-state index is 0.714. The summed E-state index contributed by atoms with van der Waals surface area (Å²) in [6.45, 7) is 6.66. The summed E-state index contributed by atoms with van der Waals surface area (Å²) in [5, 5.41) is 0. The summed E-state index contributed by atoms with van der Waals surface area (Å²) >= 11 is 0. The van der Waals surface area contributed by atoms with Crippen LogP contribution in [0.15, 0.2) is 36.7 Å². The number of ether oxygens (including phenoxy) is 1. The van der Waals surface area contributed by atoms with Crippen LogP contribution in [0.2, 0.25) is 0 Å². The first kappa shape index (κ1) is 18.3. The van der Waals surface area contributed by atoms with Gasteiger partial charge in [0.1, 0.15) is 0 Å². The molecule has 1 aromatic carbocycles. The fourth-order valence-electron chi connectivity index (χ4n) is 2.50. The molecule has 2 rings (SSSR count). The number of nitrogens with zero attached hydrogens (tertiary/aromatic N) is 2. The van der Waals surface area contributed by atoms with E-state index in [1.165, 1.54) is 24.8 Å². The van der Waals surface area contributed by atoms with Crippen LogP contribution >= 0.6 is 0 Å². The maximum Gasteiger partial charge on any atom is 0.159 e. The maximum atomic E-state index is 5.69. The van der Waals surface area contributed by atoms with E-state index in [1.54, 1.807) is 12.4 Å². The van der Waals surface area contributed by atoms with Crippen LogP contribution in [0.3, 0.4) is 0 Å². The van der Waals surface area contributed by atoms with Gasteiger partial charge in [-0.2, -0.15) is 0 Å². The molecule has 0 atom stereocenters. The monoisotopic (exact) mass is 324 g/mol. The summed E-state index contributed by atoms with van der Waals surface area (Å²) in [7, 11) is 0. The molecule has 0 unspecified atom stereocenters. The van der Waals surface area contributed by atoms with Crippen molar-refractivity contribution in [2.24, 2.45) is 0 Å². The van der Waals surface area contributed by atoms with Crippen molar-refractivity contribution < 1.29 is 4.74 Å². The first-order valence-electron chi connectivity index (χ1n) is 8.98. The van der Waals surface area contributed by atoms with Crippen molar-refractivity contribution in [2.45, 2.75) is 51.9 Å². The Labute approximate surface area is 146 Å². The smallest absolute Gasteiger partial charge is 0.159 e. The van der Waals surface area contributed by atoms with Crippen molar-refractivity contribution in [1.29, 1.82) is 0 Å². The Morgan fingerprint density at radius 3 is 2.42 bits per heavy atom. The molecule has 128 valence electrons. The van der Waals surface area contributed by atoms with Gasteiger partial charge in [0.05, 0.1) is 19.0 Å². The molecule has 0 amide bonds. The highest BCUT2D eigenvalue weighted by atomic mass is 16.5. The van der Waals surface area contributed by atoms with Gasteiger partial charge in [0.2, 0.25) is 0 Å². The van der Waals surface area contributed by atoms with Gasteiger partial charge in [-0.3, -0.25) is 0 Å². The molecule has 3 nitrogen and oxygen atoms in total. The Kier molecular flexibility index (Phi) is 8.16. The van der Waals surface area contributed by atoms with E-state index in [0.29, 0.717) is 6.61 Å². The third-order valence-corrected chi connectivity index (χ3v) is 3.98. The van der Waals surface area contributed by atoms with Gasteiger partial charge in [-0.15, -0.1) is 12.8 Å². The SMILES string of the molecule is [CH2+][CH-]CCCCCOc1cnc(-c2ccc(CCCC)cc2)nc1. The number of hydrogen-bond acceptors (Lipinski definition) is 3. The summed E-state index contributed by atoms with van der Waals surface area (Å²) in [5.41, 5.74) is 2.42. The highest BCUT2D eigenvalue weighted by Crippen LogP contribution is 2.18. The Morgan fingerprint density at radius 1 is 1.00 bits per heavy atom. The molecule has 0 radical (unpaired) electrons. The zero-order valence-electron chi connectivity index (χ0n) is 14.7. The highest BCUT2D eigenvalue weighted by Gasteiger charge is 2.02. The summed E-state index contributed by atoms with van der Waals surface area (Å²) in [5.74, 6) is 1.48. The van der Waals surface area contributed by atoms with E-state index >= 15 is 0 Å². The molecule has 0 fully saturated rings. The van der Waals surface area contributed by atoms with E-state index in [2.05, 4.69) is 48.1 Å². The van der Waals surface area contributed by atoms with Crippen molar-refractivity contribution in [3.05, 3.63) is 55.6 Å². The molecule has 3 heteroatoms. The highest BCUT2D eigenvalue weighted by molar-refractivity contribution is 5.55. The molecule has 0 aliphatic rings. The Hall–Kier alpha value is -2.03. The van der Waals surface area contributed by atoms with E-state index in [1.807, 2.05) is 6.42 Å². The lowest BCUT2D eigenvalue weighted by Crippen LogP contribution is -1.99. The molecular formula is C21H28N2O. The lowest BCUT2D eigenvalue weighted by molar-refractivity contribution is 0.303. The van der Waals surface area contributed by atoms with Crippen molar-refractivity contribution >= 4 is 0 Å². The van der Waals surface area contributed by atoms with Gasteiger partial charge in [-0.05, 0) is 24.8 Å². The standard InChI is InChI=1S/C21H28N2O/c1-3-5-7-8-9-15-24-20-16-22-21(23-17-20)19-13-11-18(12-14-19)10-6-4-2/h3,11-14,16-17H,1,4-10,15H2,2H3. The van der Waals surface area contributed by atoms with Gasteiger partial charge in [0.25, 0.3) is 0 Å². The summed E-state index contributed by atoms with van der Waals surface area (Å²) in [6.07, 6.45) is 13.5. The van der Waals surface area contributed by atoms with Crippen molar-refractivity contribution in [1.82, 2.24) is 9.97 Å². The average molecular weight is 324 g/mol. The predicted octanol–water partition coefficient (Wildman–Crippen LogP) is 5.46. The van der Waals surface area contributed by atoms with Crippen LogP contribution in [0, 0.1) is 13.3 Å². The normalized spacial score (nSPS) is 10.7. The number of unbranched alkanes of at least 4 members (excludes halogenated alkanes) is 5. The van der Waals surface area contributed by atoms with Crippen LogP contribution in [0.1, 0.15) is 51.0 Å². The second-order valence-corrected chi connectivity index (χ2v) is 6.03. The Morgan fingerprint density at radius 2 is 1.75 bits per heavy atom. The first-order valence-corrected chi connectivity index (χ1v) is 8.98. The molecule has 0 saturated carbocycles. The molecule has 0 spiro atoms. The average Bonchev–Trinajstić information content (AvgIpc) is 2.64. The van der Waals surface area contributed by atoms with Crippen molar-refractivity contribution in [3.63, 3.8) is 0 Å².